The minimum Gasteiger partial charge on any atom is -0.392 e. The van der Waals surface area contributed by atoms with E-state index in [0.29, 0.717) is 19.5 Å². The highest BCUT2D eigenvalue weighted by molar-refractivity contribution is 7.80. The molecule has 1 heterocycles. The van der Waals surface area contributed by atoms with Crippen LogP contribution in [0.15, 0.2) is 0 Å². The van der Waals surface area contributed by atoms with Crippen molar-refractivity contribution < 1.29 is 9.59 Å². The average molecular weight is 283 g/mol. The maximum absolute atomic E-state index is 12.9. The molecule has 5 nitrogen and oxygen atoms in total. The Morgan fingerprint density at radius 1 is 1.53 bits per heavy atom. The molecule has 1 aliphatic carbocycles. The van der Waals surface area contributed by atoms with Crippen LogP contribution >= 0.6 is 12.2 Å². The number of piperazine rings is 1. The third-order valence-electron chi connectivity index (χ3n) is 4.32. The molecule has 0 bridgehead atoms. The number of nitrogens with zero attached hydrogens (tertiary/aromatic N) is 1. The zero-order valence-corrected chi connectivity index (χ0v) is 12.1. The molecule has 1 aliphatic heterocycles. The predicted octanol–water partition coefficient (Wildman–Crippen LogP) is 0.570. The summed E-state index contributed by atoms with van der Waals surface area (Å²) in [6.45, 7) is 2.97. The number of thiocarbonyl (C=S) groups is 1. The highest BCUT2D eigenvalue weighted by Crippen LogP contribution is 2.40. The molecule has 0 aromatic rings. The molecule has 2 amide bonds. The Morgan fingerprint density at radius 2 is 2.16 bits per heavy atom. The number of carbonyl (C=O) groups is 2. The first kappa shape index (κ1) is 14.2. The summed E-state index contributed by atoms with van der Waals surface area (Å²) < 4.78 is 0. The van der Waals surface area contributed by atoms with Gasteiger partial charge in [-0.2, -0.15) is 0 Å². The zero-order valence-electron chi connectivity index (χ0n) is 11.3. The first-order chi connectivity index (χ1) is 9.03. The molecule has 0 radical (unpaired) electrons. The van der Waals surface area contributed by atoms with Crippen molar-refractivity contribution in [2.24, 2.45) is 11.1 Å². The van der Waals surface area contributed by atoms with E-state index < -0.39 is 5.41 Å². The molecule has 1 atom stereocenters. The maximum atomic E-state index is 12.9. The second kappa shape index (κ2) is 5.45. The lowest BCUT2D eigenvalue weighted by Crippen LogP contribution is -2.61. The fourth-order valence-corrected chi connectivity index (χ4v) is 3.47. The summed E-state index contributed by atoms with van der Waals surface area (Å²) in [6.07, 6.45) is 4.00. The standard InChI is InChI=1S/C13H21N3O2S/c1-2-9-10(17)15-7-8-16(9)12(18)13(11(14)19)5-3-4-6-13/h9H,2-8H2,1H3,(H2,14,19)(H,15,17). The van der Waals surface area contributed by atoms with Crippen LogP contribution in [0, 0.1) is 5.41 Å². The van der Waals surface area contributed by atoms with Crippen molar-refractivity contribution in [2.45, 2.75) is 45.1 Å². The van der Waals surface area contributed by atoms with Gasteiger partial charge in [-0.05, 0) is 19.3 Å². The van der Waals surface area contributed by atoms with Crippen LogP contribution in [0.2, 0.25) is 0 Å². The van der Waals surface area contributed by atoms with Crippen LogP contribution in [-0.2, 0) is 9.59 Å². The minimum atomic E-state index is -0.708. The summed E-state index contributed by atoms with van der Waals surface area (Å²) in [6, 6.07) is -0.381. The van der Waals surface area contributed by atoms with Gasteiger partial charge in [-0.25, -0.2) is 0 Å². The van der Waals surface area contributed by atoms with E-state index in [1.54, 1.807) is 4.90 Å². The van der Waals surface area contributed by atoms with Gasteiger partial charge < -0.3 is 16.0 Å². The Balaban J connectivity index is 2.26. The third kappa shape index (κ3) is 2.33. The van der Waals surface area contributed by atoms with E-state index in [0.717, 1.165) is 25.7 Å². The number of hydrogen-bond donors (Lipinski definition) is 2. The van der Waals surface area contributed by atoms with Crippen LogP contribution in [0.3, 0.4) is 0 Å². The quantitative estimate of drug-likeness (QED) is 0.743. The zero-order chi connectivity index (χ0) is 14.0. The largest absolute Gasteiger partial charge is 0.392 e. The molecule has 1 unspecified atom stereocenters. The number of nitrogens with one attached hydrogen (secondary N) is 1. The first-order valence-corrected chi connectivity index (χ1v) is 7.32. The number of nitrogens with two attached hydrogens (primary N) is 1. The lowest BCUT2D eigenvalue weighted by atomic mass is 9.83. The van der Waals surface area contributed by atoms with Crippen LogP contribution in [0.5, 0.6) is 0 Å². The van der Waals surface area contributed by atoms with Crippen LogP contribution in [0.25, 0.3) is 0 Å². The van der Waals surface area contributed by atoms with E-state index in [9.17, 15) is 9.59 Å². The van der Waals surface area contributed by atoms with Crippen molar-refractivity contribution >= 4 is 29.0 Å². The second-order valence-electron chi connectivity index (χ2n) is 5.37. The molecule has 2 rings (SSSR count). The average Bonchev–Trinajstić information content (AvgIpc) is 2.88. The normalized spacial score (nSPS) is 26.1. The molecule has 1 saturated carbocycles. The molecule has 19 heavy (non-hydrogen) atoms. The molecule has 2 aliphatic rings. The molecule has 2 fully saturated rings. The smallest absolute Gasteiger partial charge is 0.242 e. The van der Waals surface area contributed by atoms with Crippen LogP contribution in [0.4, 0.5) is 0 Å². The molecule has 1 saturated heterocycles. The lowest BCUT2D eigenvalue weighted by molar-refractivity contribution is -0.148. The molecule has 0 aromatic carbocycles. The van der Waals surface area contributed by atoms with Crippen molar-refractivity contribution in [3.05, 3.63) is 0 Å². The van der Waals surface area contributed by atoms with Gasteiger partial charge in [0.05, 0.1) is 10.4 Å². The van der Waals surface area contributed by atoms with Gasteiger partial charge in [0.1, 0.15) is 6.04 Å². The molecular formula is C13H21N3O2S. The predicted molar refractivity (Wildman–Crippen MR) is 76.5 cm³/mol. The van der Waals surface area contributed by atoms with Gasteiger partial charge in [0.15, 0.2) is 0 Å². The van der Waals surface area contributed by atoms with Gasteiger partial charge in [0, 0.05) is 13.1 Å². The van der Waals surface area contributed by atoms with E-state index in [1.807, 2.05) is 6.92 Å². The fourth-order valence-electron chi connectivity index (χ4n) is 3.18. The minimum absolute atomic E-state index is 0.0424. The first-order valence-electron chi connectivity index (χ1n) is 6.91. The van der Waals surface area contributed by atoms with Crippen LogP contribution in [-0.4, -0.2) is 40.8 Å². The van der Waals surface area contributed by atoms with Crippen molar-refractivity contribution in [1.29, 1.82) is 0 Å². The van der Waals surface area contributed by atoms with Crippen molar-refractivity contribution in [2.75, 3.05) is 13.1 Å². The van der Waals surface area contributed by atoms with Gasteiger partial charge in [-0.15, -0.1) is 0 Å². The monoisotopic (exact) mass is 283 g/mol. The fraction of sp³-hybridized carbons (Fsp3) is 0.769. The third-order valence-corrected chi connectivity index (χ3v) is 4.71. The van der Waals surface area contributed by atoms with Gasteiger partial charge >= 0.3 is 0 Å². The van der Waals surface area contributed by atoms with Crippen LogP contribution in [0.1, 0.15) is 39.0 Å². The highest BCUT2D eigenvalue weighted by Gasteiger charge is 2.48. The molecule has 6 heteroatoms. The summed E-state index contributed by atoms with van der Waals surface area (Å²) in [5, 5.41) is 2.80. The Morgan fingerprint density at radius 3 is 2.68 bits per heavy atom. The Labute approximate surface area is 118 Å². The SMILES string of the molecule is CCC1C(=O)NCCN1C(=O)C1(C(N)=S)CCCC1. The van der Waals surface area contributed by atoms with Gasteiger partial charge in [0.25, 0.3) is 0 Å². The number of rotatable bonds is 3. The summed E-state index contributed by atoms with van der Waals surface area (Å²) in [5.74, 6) is -0.114. The van der Waals surface area contributed by atoms with E-state index in [-0.39, 0.29) is 22.8 Å². The van der Waals surface area contributed by atoms with Crippen molar-refractivity contribution in [3.63, 3.8) is 0 Å². The van der Waals surface area contributed by atoms with Crippen LogP contribution < -0.4 is 11.1 Å². The lowest BCUT2D eigenvalue weighted by Gasteiger charge is -2.40. The van der Waals surface area contributed by atoms with Gasteiger partial charge in [0.2, 0.25) is 11.8 Å². The molecule has 0 spiro atoms. The number of hydrogen-bond acceptors (Lipinski definition) is 3. The van der Waals surface area contributed by atoms with Gasteiger partial charge in [-0.3, -0.25) is 9.59 Å². The Bertz CT molecular complexity index is 405. The summed E-state index contributed by atoms with van der Waals surface area (Å²) in [7, 11) is 0. The molecule has 106 valence electrons. The molecule has 0 aromatic heterocycles. The maximum Gasteiger partial charge on any atom is 0.242 e. The number of carbonyl (C=O) groups excluding carboxylic acids is 2. The van der Waals surface area contributed by atoms with Crippen molar-refractivity contribution in [1.82, 2.24) is 10.2 Å². The topological polar surface area (TPSA) is 75.4 Å². The van der Waals surface area contributed by atoms with E-state index >= 15 is 0 Å². The number of amides is 2. The molecule has 3 N–H and O–H groups in total. The Hall–Kier alpha value is -1.17. The summed E-state index contributed by atoms with van der Waals surface area (Å²) in [5.41, 5.74) is 5.14. The summed E-state index contributed by atoms with van der Waals surface area (Å²) in [4.78, 5) is 26.7. The van der Waals surface area contributed by atoms with Gasteiger partial charge in [-0.1, -0.05) is 32.0 Å². The van der Waals surface area contributed by atoms with E-state index in [1.165, 1.54) is 0 Å². The van der Waals surface area contributed by atoms with Crippen molar-refractivity contribution in [3.8, 4) is 0 Å². The highest BCUT2D eigenvalue weighted by atomic mass is 32.1. The van der Waals surface area contributed by atoms with E-state index in [4.69, 9.17) is 18.0 Å². The molecular weight excluding hydrogens is 262 g/mol. The summed E-state index contributed by atoms with van der Waals surface area (Å²) >= 11 is 5.15. The second-order valence-corrected chi connectivity index (χ2v) is 5.81. The van der Waals surface area contributed by atoms with E-state index in [2.05, 4.69) is 5.32 Å². The Kier molecular flexibility index (Phi) is 4.08.